The zero-order valence-electron chi connectivity index (χ0n) is 19.0. The smallest absolute Gasteiger partial charge is 0.0960 e. The maximum absolute atomic E-state index is 5.62. The Hall–Kier alpha value is -2.77. The molecule has 166 valence electrons. The van der Waals surface area contributed by atoms with Crippen LogP contribution in [-0.2, 0) is 28.5 Å². The molecule has 32 heavy (non-hydrogen) atoms. The maximum atomic E-state index is 5.62. The number of hydrogen-bond donors (Lipinski definition) is 0. The van der Waals surface area contributed by atoms with Crippen LogP contribution >= 0.6 is 0 Å². The second-order valence-corrected chi connectivity index (χ2v) is 9.69. The molecule has 2 fully saturated rings. The molecule has 0 atom stereocenters. The first kappa shape index (κ1) is 19.9. The van der Waals surface area contributed by atoms with Crippen molar-refractivity contribution in [3.05, 3.63) is 41.7 Å². The molecule has 0 bridgehead atoms. The fourth-order valence-corrected chi connectivity index (χ4v) is 5.27. The molecule has 4 aromatic rings. The Morgan fingerprint density at radius 2 is 1.91 bits per heavy atom. The summed E-state index contributed by atoms with van der Waals surface area (Å²) in [5, 5.41) is 9.64. The van der Waals surface area contributed by atoms with Gasteiger partial charge in [-0.1, -0.05) is 24.3 Å². The van der Waals surface area contributed by atoms with Crippen LogP contribution in [0.2, 0.25) is 0 Å². The Labute approximate surface area is 187 Å². The quantitative estimate of drug-likeness (QED) is 0.488. The van der Waals surface area contributed by atoms with E-state index in [2.05, 4.69) is 46.1 Å². The maximum Gasteiger partial charge on any atom is 0.0960 e. The zero-order valence-corrected chi connectivity index (χ0v) is 19.0. The number of hydrogen-bond acceptors (Lipinski definition) is 5. The van der Waals surface area contributed by atoms with Crippen molar-refractivity contribution < 1.29 is 9.47 Å². The van der Waals surface area contributed by atoms with Gasteiger partial charge in [-0.05, 0) is 43.4 Å². The van der Waals surface area contributed by atoms with Gasteiger partial charge in [0.15, 0.2) is 0 Å². The molecule has 0 saturated carbocycles. The van der Waals surface area contributed by atoms with Gasteiger partial charge in [0.2, 0.25) is 0 Å². The minimum Gasteiger partial charge on any atom is -0.381 e. The van der Waals surface area contributed by atoms with Crippen molar-refractivity contribution in [2.75, 3.05) is 26.4 Å². The number of aromatic nitrogens is 5. The summed E-state index contributed by atoms with van der Waals surface area (Å²) in [6, 6.07) is 9.14. The molecule has 0 aliphatic carbocycles. The predicted octanol–water partition coefficient (Wildman–Crippen LogP) is 4.01. The highest BCUT2D eigenvalue weighted by molar-refractivity contribution is 6.06. The average molecular weight is 432 g/mol. The highest BCUT2D eigenvalue weighted by Crippen LogP contribution is 2.37. The molecule has 3 aromatic heterocycles. The van der Waals surface area contributed by atoms with Crippen LogP contribution in [0.1, 0.15) is 31.0 Å². The first-order chi connectivity index (χ1) is 15.5. The lowest BCUT2D eigenvalue weighted by molar-refractivity contribution is -0.0499. The van der Waals surface area contributed by atoms with Crippen LogP contribution in [0.25, 0.3) is 33.2 Å². The summed E-state index contributed by atoms with van der Waals surface area (Å²) in [6.45, 7) is 8.54. The standard InChI is InChI=1S/C25H29N5O2/c1-16-24(29(3)28-27-16)18-10-22-23(26-12-18)20-5-4-19(25(2)14-32-15-25)11-21(20)30(22)13-17-6-8-31-9-7-17/h4-5,10-12,17H,6-9,13-15H2,1-3H3. The molecule has 0 unspecified atom stereocenters. The van der Waals surface area contributed by atoms with E-state index in [0.29, 0.717) is 5.92 Å². The summed E-state index contributed by atoms with van der Waals surface area (Å²) < 4.78 is 15.5. The molecule has 2 saturated heterocycles. The van der Waals surface area contributed by atoms with Crippen LogP contribution in [0.4, 0.5) is 0 Å². The lowest BCUT2D eigenvalue weighted by atomic mass is 9.80. The lowest BCUT2D eigenvalue weighted by Crippen LogP contribution is -2.43. The Balaban J connectivity index is 1.56. The van der Waals surface area contributed by atoms with Gasteiger partial charge in [-0.3, -0.25) is 4.98 Å². The first-order valence-corrected chi connectivity index (χ1v) is 11.5. The lowest BCUT2D eigenvalue weighted by Gasteiger charge is -2.38. The number of ether oxygens (including phenoxy) is 2. The number of aryl methyl sites for hydroxylation is 2. The van der Waals surface area contributed by atoms with Crippen molar-refractivity contribution in [2.24, 2.45) is 13.0 Å². The van der Waals surface area contributed by atoms with E-state index >= 15 is 0 Å². The molecule has 1 aromatic carbocycles. The highest BCUT2D eigenvalue weighted by atomic mass is 16.5. The third kappa shape index (κ3) is 3.06. The molecular weight excluding hydrogens is 402 g/mol. The van der Waals surface area contributed by atoms with Crippen LogP contribution in [0.5, 0.6) is 0 Å². The zero-order chi connectivity index (χ0) is 21.9. The van der Waals surface area contributed by atoms with Crippen LogP contribution in [0, 0.1) is 12.8 Å². The van der Waals surface area contributed by atoms with Gasteiger partial charge in [-0.25, -0.2) is 4.68 Å². The van der Waals surface area contributed by atoms with Crippen LogP contribution < -0.4 is 0 Å². The van der Waals surface area contributed by atoms with Crippen LogP contribution in [0.15, 0.2) is 30.5 Å². The third-order valence-corrected chi connectivity index (χ3v) is 7.29. The van der Waals surface area contributed by atoms with Crippen molar-refractivity contribution in [2.45, 2.75) is 38.6 Å². The molecule has 0 N–H and O–H groups in total. The topological polar surface area (TPSA) is 67.0 Å². The largest absolute Gasteiger partial charge is 0.381 e. The van der Waals surface area contributed by atoms with E-state index < -0.39 is 0 Å². The molecule has 5 heterocycles. The summed E-state index contributed by atoms with van der Waals surface area (Å²) in [5.74, 6) is 0.609. The SMILES string of the molecule is Cc1nnn(C)c1-c1cnc2c3ccc(C4(C)COC4)cc3n(CC3CCOCC3)c2c1. The summed E-state index contributed by atoms with van der Waals surface area (Å²) in [5.41, 5.74) is 7.94. The molecule has 0 amide bonds. The molecule has 0 spiro atoms. The Bertz CT molecular complexity index is 1290. The Morgan fingerprint density at radius 1 is 1.09 bits per heavy atom. The van der Waals surface area contributed by atoms with Crippen molar-refractivity contribution >= 4 is 21.9 Å². The van der Waals surface area contributed by atoms with Gasteiger partial charge in [0.25, 0.3) is 0 Å². The number of benzene rings is 1. The fourth-order valence-electron chi connectivity index (χ4n) is 5.27. The van der Waals surface area contributed by atoms with E-state index in [-0.39, 0.29) is 5.41 Å². The first-order valence-electron chi connectivity index (χ1n) is 11.5. The van der Waals surface area contributed by atoms with E-state index in [1.807, 2.05) is 24.9 Å². The van der Waals surface area contributed by atoms with E-state index in [9.17, 15) is 0 Å². The van der Waals surface area contributed by atoms with Gasteiger partial charge in [-0.2, -0.15) is 0 Å². The fraction of sp³-hybridized carbons (Fsp3) is 0.480. The number of rotatable bonds is 4. The van der Waals surface area contributed by atoms with E-state index in [1.165, 1.54) is 22.0 Å². The van der Waals surface area contributed by atoms with Gasteiger partial charge < -0.3 is 14.0 Å². The molecule has 7 nitrogen and oxygen atoms in total. The molecular formula is C25H29N5O2. The summed E-state index contributed by atoms with van der Waals surface area (Å²) in [4.78, 5) is 4.95. The van der Waals surface area contributed by atoms with Gasteiger partial charge in [0.05, 0.1) is 41.2 Å². The second-order valence-electron chi connectivity index (χ2n) is 9.69. The van der Waals surface area contributed by atoms with E-state index in [4.69, 9.17) is 14.5 Å². The molecule has 6 rings (SSSR count). The third-order valence-electron chi connectivity index (χ3n) is 7.29. The predicted molar refractivity (Wildman–Crippen MR) is 124 cm³/mol. The monoisotopic (exact) mass is 431 g/mol. The van der Waals surface area contributed by atoms with E-state index in [1.54, 1.807) is 0 Å². The van der Waals surface area contributed by atoms with Crippen molar-refractivity contribution in [3.8, 4) is 11.3 Å². The normalized spacial score (nSPS) is 19.0. The number of nitrogens with zero attached hydrogens (tertiary/aromatic N) is 5. The molecule has 0 radical (unpaired) electrons. The number of pyridine rings is 1. The van der Waals surface area contributed by atoms with Gasteiger partial charge in [-0.15, -0.1) is 5.10 Å². The van der Waals surface area contributed by atoms with Crippen LogP contribution in [0.3, 0.4) is 0 Å². The van der Waals surface area contributed by atoms with Crippen molar-refractivity contribution in [3.63, 3.8) is 0 Å². The average Bonchev–Trinajstić information content (AvgIpc) is 3.28. The van der Waals surface area contributed by atoms with Crippen molar-refractivity contribution in [1.29, 1.82) is 0 Å². The van der Waals surface area contributed by atoms with Crippen LogP contribution in [-0.4, -0.2) is 51.0 Å². The summed E-state index contributed by atoms with van der Waals surface area (Å²) in [7, 11) is 1.94. The number of fused-ring (bicyclic) bond motifs is 3. The van der Waals surface area contributed by atoms with Gasteiger partial charge >= 0.3 is 0 Å². The summed E-state index contributed by atoms with van der Waals surface area (Å²) in [6.07, 6.45) is 4.16. The molecule has 7 heteroatoms. The summed E-state index contributed by atoms with van der Waals surface area (Å²) >= 11 is 0. The highest BCUT2D eigenvalue weighted by Gasteiger charge is 2.35. The molecule has 2 aliphatic rings. The Morgan fingerprint density at radius 3 is 2.59 bits per heavy atom. The Kier molecular flexibility index (Phi) is 4.59. The van der Waals surface area contributed by atoms with Gasteiger partial charge in [0.1, 0.15) is 0 Å². The minimum atomic E-state index is 0.101. The second kappa shape index (κ2) is 7.39. The molecule has 2 aliphatic heterocycles. The minimum absolute atomic E-state index is 0.101. The van der Waals surface area contributed by atoms with Gasteiger partial charge in [0, 0.05) is 49.4 Å². The van der Waals surface area contributed by atoms with Crippen molar-refractivity contribution in [1.82, 2.24) is 24.5 Å². The van der Waals surface area contributed by atoms with E-state index in [0.717, 1.165) is 68.3 Å².